The molecule has 1 aromatic carbocycles. The van der Waals surface area contributed by atoms with Gasteiger partial charge in [-0.15, -0.1) is 0 Å². The minimum absolute atomic E-state index is 0.0421. The summed E-state index contributed by atoms with van der Waals surface area (Å²) in [5.74, 6) is 0. The Morgan fingerprint density at radius 1 is 1.35 bits per heavy atom. The first kappa shape index (κ1) is 13.7. The zero-order valence-electron chi connectivity index (χ0n) is 11.3. The average Bonchev–Trinajstić information content (AvgIpc) is 2.75. The third kappa shape index (κ3) is 2.49. The molecule has 20 heavy (non-hydrogen) atoms. The van der Waals surface area contributed by atoms with Crippen molar-refractivity contribution >= 4 is 22.6 Å². The van der Waals surface area contributed by atoms with Crippen molar-refractivity contribution in [3.8, 4) is 0 Å². The lowest BCUT2D eigenvalue weighted by molar-refractivity contribution is 0.191. The number of nitrogens with two attached hydrogens (primary N) is 1. The van der Waals surface area contributed by atoms with E-state index in [1.807, 2.05) is 16.7 Å². The fraction of sp³-hybridized carbons (Fsp3) is 0.500. The van der Waals surface area contributed by atoms with Gasteiger partial charge in [-0.05, 0) is 31.0 Å². The van der Waals surface area contributed by atoms with Crippen LogP contribution in [0.25, 0.3) is 11.0 Å². The van der Waals surface area contributed by atoms with E-state index in [0.29, 0.717) is 11.6 Å². The van der Waals surface area contributed by atoms with Crippen molar-refractivity contribution in [3.05, 3.63) is 33.7 Å². The summed E-state index contributed by atoms with van der Waals surface area (Å²) in [5, 5.41) is 0.642. The highest BCUT2D eigenvalue weighted by molar-refractivity contribution is 6.31. The van der Waals surface area contributed by atoms with E-state index < -0.39 is 0 Å². The number of likely N-dealkylation sites (tertiary alicyclic amines) is 1. The summed E-state index contributed by atoms with van der Waals surface area (Å²) in [5.41, 5.74) is 7.30. The van der Waals surface area contributed by atoms with Gasteiger partial charge >= 0.3 is 5.69 Å². The van der Waals surface area contributed by atoms with Crippen LogP contribution in [0.5, 0.6) is 0 Å². The van der Waals surface area contributed by atoms with Crippen molar-refractivity contribution in [1.82, 2.24) is 14.5 Å². The number of nitrogens with one attached hydrogen (secondary N) is 1. The van der Waals surface area contributed by atoms with Crippen LogP contribution >= 0.6 is 11.6 Å². The molecule has 2 aromatic rings. The molecule has 3 rings (SSSR count). The van der Waals surface area contributed by atoms with Gasteiger partial charge < -0.3 is 15.6 Å². The molecule has 0 bridgehead atoms. The monoisotopic (exact) mass is 294 g/mol. The molecule has 5 nitrogen and oxygen atoms in total. The van der Waals surface area contributed by atoms with Crippen LogP contribution in [0.4, 0.5) is 0 Å². The lowest BCUT2D eigenvalue weighted by Gasteiger charge is -2.32. The predicted octanol–water partition coefficient (Wildman–Crippen LogP) is 1.58. The van der Waals surface area contributed by atoms with Crippen LogP contribution in [-0.4, -0.2) is 40.6 Å². The average molecular weight is 295 g/mol. The van der Waals surface area contributed by atoms with Crippen molar-refractivity contribution in [1.29, 1.82) is 0 Å². The number of halogens is 1. The van der Waals surface area contributed by atoms with E-state index in [0.717, 1.165) is 43.5 Å². The van der Waals surface area contributed by atoms with Gasteiger partial charge in [-0.2, -0.15) is 0 Å². The largest absolute Gasteiger partial charge is 0.329 e. The molecule has 1 aliphatic rings. The fourth-order valence-electron chi connectivity index (χ4n) is 3.05. The van der Waals surface area contributed by atoms with E-state index in [1.54, 1.807) is 6.07 Å². The Morgan fingerprint density at radius 3 is 2.80 bits per heavy atom. The molecule has 1 fully saturated rings. The smallest absolute Gasteiger partial charge is 0.326 e. The number of imidazole rings is 1. The molecule has 1 aromatic heterocycles. The van der Waals surface area contributed by atoms with Crippen LogP contribution in [0.2, 0.25) is 5.02 Å². The van der Waals surface area contributed by atoms with Gasteiger partial charge in [0.1, 0.15) is 0 Å². The van der Waals surface area contributed by atoms with E-state index >= 15 is 0 Å². The lowest BCUT2D eigenvalue weighted by Crippen LogP contribution is -2.39. The fourth-order valence-corrected chi connectivity index (χ4v) is 3.22. The molecular weight excluding hydrogens is 276 g/mol. The number of benzene rings is 1. The van der Waals surface area contributed by atoms with Crippen LogP contribution in [0, 0.1) is 0 Å². The lowest BCUT2D eigenvalue weighted by atomic mass is 10.0. The molecule has 6 heteroatoms. The third-order valence-corrected chi connectivity index (χ3v) is 4.28. The number of nitrogens with zero attached hydrogens (tertiary/aromatic N) is 2. The van der Waals surface area contributed by atoms with Crippen LogP contribution < -0.4 is 11.4 Å². The molecule has 108 valence electrons. The van der Waals surface area contributed by atoms with Gasteiger partial charge in [-0.1, -0.05) is 11.6 Å². The predicted molar refractivity (Wildman–Crippen MR) is 81.3 cm³/mol. The first-order valence-electron chi connectivity index (χ1n) is 7.01. The van der Waals surface area contributed by atoms with Crippen LogP contribution in [0.3, 0.4) is 0 Å². The van der Waals surface area contributed by atoms with E-state index in [4.69, 9.17) is 17.3 Å². The van der Waals surface area contributed by atoms with Crippen LogP contribution in [0.15, 0.2) is 23.0 Å². The number of aromatic amines is 1. The van der Waals surface area contributed by atoms with E-state index in [2.05, 4.69) is 9.88 Å². The van der Waals surface area contributed by atoms with E-state index in [9.17, 15) is 4.79 Å². The van der Waals surface area contributed by atoms with Gasteiger partial charge in [0.15, 0.2) is 0 Å². The molecule has 1 aliphatic heterocycles. The second-order valence-electron chi connectivity index (χ2n) is 5.32. The van der Waals surface area contributed by atoms with Crippen molar-refractivity contribution in [3.63, 3.8) is 0 Å². The molecule has 2 heterocycles. The van der Waals surface area contributed by atoms with Gasteiger partial charge in [-0.25, -0.2) is 4.79 Å². The normalized spacial score (nSPS) is 17.9. The van der Waals surface area contributed by atoms with Crippen molar-refractivity contribution in [2.75, 3.05) is 26.2 Å². The van der Waals surface area contributed by atoms with Gasteiger partial charge in [0.25, 0.3) is 0 Å². The van der Waals surface area contributed by atoms with Gasteiger partial charge in [0, 0.05) is 37.2 Å². The Bertz CT molecular complexity index is 655. The van der Waals surface area contributed by atoms with Crippen molar-refractivity contribution in [2.24, 2.45) is 5.73 Å². The number of hydrogen-bond acceptors (Lipinski definition) is 3. The number of hydrogen-bond donors (Lipinski definition) is 2. The summed E-state index contributed by atoms with van der Waals surface area (Å²) in [6, 6.07) is 5.81. The molecule has 0 unspecified atom stereocenters. The number of H-pyrrole nitrogens is 1. The third-order valence-electron chi connectivity index (χ3n) is 4.05. The van der Waals surface area contributed by atoms with Gasteiger partial charge in [0.2, 0.25) is 0 Å². The van der Waals surface area contributed by atoms with E-state index in [1.165, 1.54) is 0 Å². The Morgan fingerprint density at radius 2 is 2.10 bits per heavy atom. The highest BCUT2D eigenvalue weighted by atomic mass is 35.5. The zero-order chi connectivity index (χ0) is 14.1. The Hall–Kier alpha value is -1.30. The minimum Gasteiger partial charge on any atom is -0.329 e. The molecule has 0 spiro atoms. The first-order chi connectivity index (χ1) is 9.69. The maximum atomic E-state index is 12.2. The first-order valence-corrected chi connectivity index (χ1v) is 7.39. The molecule has 0 radical (unpaired) electrons. The topological polar surface area (TPSA) is 67.0 Å². The second kappa shape index (κ2) is 5.60. The maximum absolute atomic E-state index is 12.2. The van der Waals surface area contributed by atoms with E-state index in [-0.39, 0.29) is 11.7 Å². The summed E-state index contributed by atoms with van der Waals surface area (Å²) in [6.45, 7) is 3.62. The van der Waals surface area contributed by atoms with Crippen LogP contribution in [0.1, 0.15) is 18.9 Å². The summed E-state index contributed by atoms with van der Waals surface area (Å²) in [6.07, 6.45) is 1.96. The molecule has 1 saturated heterocycles. The second-order valence-corrected chi connectivity index (χ2v) is 5.76. The molecule has 3 N–H and O–H groups in total. The SMILES string of the molecule is NCCN1CCC(n2c(=O)[nH]c3cc(Cl)ccc32)CC1. The molecule has 0 amide bonds. The van der Waals surface area contributed by atoms with Crippen LogP contribution in [-0.2, 0) is 0 Å². The molecule has 0 atom stereocenters. The minimum atomic E-state index is -0.0421. The zero-order valence-corrected chi connectivity index (χ0v) is 12.1. The quantitative estimate of drug-likeness (QED) is 0.903. The number of rotatable bonds is 3. The Labute approximate surface area is 122 Å². The van der Waals surface area contributed by atoms with Gasteiger partial charge in [-0.3, -0.25) is 4.57 Å². The standard InChI is InChI=1S/C14H19ClN4O/c15-10-1-2-13-12(9-10)17-14(20)19(13)11-3-6-18(7-4-11)8-5-16/h1-2,9,11H,3-8,16H2,(H,17,20). The summed E-state index contributed by atoms with van der Waals surface area (Å²) < 4.78 is 1.88. The molecular formula is C14H19ClN4O. The van der Waals surface area contributed by atoms with Crippen molar-refractivity contribution < 1.29 is 0 Å². The summed E-state index contributed by atoms with van der Waals surface area (Å²) in [4.78, 5) is 17.4. The maximum Gasteiger partial charge on any atom is 0.326 e. The van der Waals surface area contributed by atoms with Gasteiger partial charge in [0.05, 0.1) is 11.0 Å². The molecule has 0 aliphatic carbocycles. The molecule has 0 saturated carbocycles. The Balaban J connectivity index is 1.88. The number of piperidine rings is 1. The number of aromatic nitrogens is 2. The summed E-state index contributed by atoms with van der Waals surface area (Å²) in [7, 11) is 0. The summed E-state index contributed by atoms with van der Waals surface area (Å²) >= 11 is 5.97. The highest BCUT2D eigenvalue weighted by Crippen LogP contribution is 2.25. The Kier molecular flexibility index (Phi) is 3.83. The number of fused-ring (bicyclic) bond motifs is 1. The highest BCUT2D eigenvalue weighted by Gasteiger charge is 2.23. The van der Waals surface area contributed by atoms with Crippen molar-refractivity contribution in [2.45, 2.75) is 18.9 Å².